The number of nitrogens with one attached hydrogen (secondary N) is 1. The lowest BCUT2D eigenvalue weighted by molar-refractivity contribution is 0.298. The molecule has 0 aliphatic heterocycles. The van der Waals surface area contributed by atoms with Gasteiger partial charge in [0.25, 0.3) is 0 Å². The molecule has 0 heterocycles. The Morgan fingerprint density at radius 2 is 1.95 bits per heavy atom. The maximum atomic E-state index is 13.7. The lowest BCUT2D eigenvalue weighted by atomic mass is 10.2. The third-order valence-corrected chi connectivity index (χ3v) is 3.89. The van der Waals surface area contributed by atoms with E-state index in [9.17, 15) is 4.39 Å². The highest BCUT2D eigenvalue weighted by molar-refractivity contribution is 9.10. The Morgan fingerprint density at radius 1 is 1.15 bits per heavy atom. The minimum Gasteiger partial charge on any atom is -0.488 e. The summed E-state index contributed by atoms with van der Waals surface area (Å²) in [5.41, 5.74) is 1.68. The summed E-state index contributed by atoms with van der Waals surface area (Å²) >= 11 is 6.70. The number of benzene rings is 2. The summed E-state index contributed by atoms with van der Waals surface area (Å²) in [5.74, 6) is 0.425. The summed E-state index contributed by atoms with van der Waals surface area (Å²) in [7, 11) is 1.90. The van der Waals surface area contributed by atoms with Crippen molar-refractivity contribution in [1.29, 1.82) is 0 Å². The van der Waals surface area contributed by atoms with Crippen LogP contribution in [-0.4, -0.2) is 7.05 Å². The van der Waals surface area contributed by atoms with E-state index in [1.165, 1.54) is 6.07 Å². The van der Waals surface area contributed by atoms with Crippen molar-refractivity contribution >= 4 is 31.9 Å². The highest BCUT2D eigenvalue weighted by atomic mass is 79.9. The largest absolute Gasteiger partial charge is 0.488 e. The number of rotatable bonds is 5. The topological polar surface area (TPSA) is 21.3 Å². The predicted molar refractivity (Wildman–Crippen MR) is 85.3 cm³/mol. The van der Waals surface area contributed by atoms with Crippen molar-refractivity contribution in [3.8, 4) is 5.75 Å². The summed E-state index contributed by atoms with van der Waals surface area (Å²) in [5, 5.41) is 3.09. The van der Waals surface area contributed by atoms with E-state index in [0.717, 1.165) is 21.1 Å². The molecule has 0 aromatic heterocycles. The van der Waals surface area contributed by atoms with Gasteiger partial charge in [0, 0.05) is 16.6 Å². The lowest BCUT2D eigenvalue weighted by Crippen LogP contribution is -2.05. The Bertz CT molecular complexity index is 604. The van der Waals surface area contributed by atoms with Crippen LogP contribution in [0.1, 0.15) is 11.1 Å². The highest BCUT2D eigenvalue weighted by Gasteiger charge is 2.06. The van der Waals surface area contributed by atoms with E-state index >= 15 is 0 Å². The van der Waals surface area contributed by atoms with Gasteiger partial charge in [0.1, 0.15) is 18.2 Å². The van der Waals surface area contributed by atoms with Crippen LogP contribution >= 0.6 is 31.9 Å². The molecule has 0 aliphatic carbocycles. The third-order valence-electron chi connectivity index (χ3n) is 2.78. The SMILES string of the molecule is CNCc1ccc(OCc2ccc(Br)cc2F)c(Br)c1. The van der Waals surface area contributed by atoms with Crippen LogP contribution in [0.3, 0.4) is 0 Å². The van der Waals surface area contributed by atoms with Gasteiger partial charge >= 0.3 is 0 Å². The quantitative estimate of drug-likeness (QED) is 0.785. The molecule has 2 rings (SSSR count). The maximum absolute atomic E-state index is 13.7. The molecule has 0 bridgehead atoms. The van der Waals surface area contributed by atoms with E-state index in [1.807, 2.05) is 25.2 Å². The predicted octanol–water partition coefficient (Wildman–Crippen LogP) is 4.65. The molecule has 2 nitrogen and oxygen atoms in total. The van der Waals surface area contributed by atoms with E-state index < -0.39 is 0 Å². The van der Waals surface area contributed by atoms with Crippen molar-refractivity contribution in [2.45, 2.75) is 13.2 Å². The first-order chi connectivity index (χ1) is 9.60. The number of hydrogen-bond donors (Lipinski definition) is 1. The first kappa shape index (κ1) is 15.5. The van der Waals surface area contributed by atoms with Crippen LogP contribution in [0.5, 0.6) is 5.75 Å². The van der Waals surface area contributed by atoms with Gasteiger partial charge in [-0.1, -0.05) is 28.1 Å². The van der Waals surface area contributed by atoms with Gasteiger partial charge in [-0.2, -0.15) is 0 Å². The van der Waals surface area contributed by atoms with Crippen molar-refractivity contribution < 1.29 is 9.13 Å². The Balaban J connectivity index is 2.07. The molecule has 2 aromatic rings. The van der Waals surface area contributed by atoms with Crippen LogP contribution in [0.25, 0.3) is 0 Å². The van der Waals surface area contributed by atoms with Gasteiger partial charge in [-0.05, 0) is 52.8 Å². The van der Waals surface area contributed by atoms with Gasteiger partial charge in [-0.3, -0.25) is 0 Å². The van der Waals surface area contributed by atoms with E-state index in [-0.39, 0.29) is 12.4 Å². The van der Waals surface area contributed by atoms with Gasteiger partial charge < -0.3 is 10.1 Å². The molecular formula is C15H14Br2FNO. The molecule has 0 spiro atoms. The molecule has 0 amide bonds. The Morgan fingerprint density at radius 3 is 2.60 bits per heavy atom. The third kappa shape index (κ3) is 4.04. The minimum atomic E-state index is -0.276. The fourth-order valence-corrected chi connectivity index (χ4v) is 2.64. The van der Waals surface area contributed by atoms with Gasteiger partial charge in [-0.15, -0.1) is 0 Å². The molecule has 0 radical (unpaired) electrons. The normalized spacial score (nSPS) is 10.6. The standard InChI is InChI=1S/C15H14Br2FNO/c1-19-8-10-2-5-15(13(17)6-10)20-9-11-3-4-12(16)7-14(11)18/h2-7,19H,8-9H2,1H3. The molecule has 0 aliphatic rings. The number of ether oxygens (including phenoxy) is 1. The molecule has 106 valence electrons. The molecule has 5 heteroatoms. The minimum absolute atomic E-state index is 0.198. The summed E-state index contributed by atoms with van der Waals surface area (Å²) in [6, 6.07) is 10.8. The second-order valence-corrected chi connectivity index (χ2v) is 6.09. The summed E-state index contributed by atoms with van der Waals surface area (Å²) in [4.78, 5) is 0. The van der Waals surface area contributed by atoms with Crippen molar-refractivity contribution in [1.82, 2.24) is 5.32 Å². The molecule has 0 saturated carbocycles. The van der Waals surface area contributed by atoms with E-state index in [2.05, 4.69) is 37.2 Å². The zero-order valence-corrected chi connectivity index (χ0v) is 14.1. The van der Waals surface area contributed by atoms with Crippen molar-refractivity contribution in [2.75, 3.05) is 7.05 Å². The molecule has 1 N–H and O–H groups in total. The summed E-state index contributed by atoms with van der Waals surface area (Å²) < 4.78 is 20.9. The van der Waals surface area contributed by atoms with E-state index in [1.54, 1.807) is 12.1 Å². The first-order valence-electron chi connectivity index (χ1n) is 6.10. The van der Waals surface area contributed by atoms with Crippen LogP contribution < -0.4 is 10.1 Å². The molecule has 2 aromatic carbocycles. The lowest BCUT2D eigenvalue weighted by Gasteiger charge is -2.10. The summed E-state index contributed by atoms with van der Waals surface area (Å²) in [6.07, 6.45) is 0. The van der Waals surface area contributed by atoms with Crippen LogP contribution in [-0.2, 0) is 13.2 Å². The molecule has 0 atom stereocenters. The van der Waals surface area contributed by atoms with Gasteiger partial charge in [-0.25, -0.2) is 4.39 Å². The van der Waals surface area contributed by atoms with E-state index in [4.69, 9.17) is 4.74 Å². The van der Waals surface area contributed by atoms with Crippen molar-refractivity contribution in [3.63, 3.8) is 0 Å². The van der Waals surface area contributed by atoms with Gasteiger partial charge in [0.15, 0.2) is 0 Å². The zero-order valence-electron chi connectivity index (χ0n) is 10.9. The zero-order chi connectivity index (χ0) is 14.5. The maximum Gasteiger partial charge on any atom is 0.134 e. The molecule has 0 fully saturated rings. The van der Waals surface area contributed by atoms with Crippen molar-refractivity contribution in [2.24, 2.45) is 0 Å². The Labute approximate surface area is 134 Å². The Hall–Kier alpha value is -0.910. The van der Waals surface area contributed by atoms with E-state index in [0.29, 0.717) is 11.3 Å². The fourth-order valence-electron chi connectivity index (χ4n) is 1.77. The van der Waals surface area contributed by atoms with Crippen LogP contribution in [0.2, 0.25) is 0 Å². The van der Waals surface area contributed by atoms with Crippen LogP contribution in [0.4, 0.5) is 4.39 Å². The number of halogens is 3. The number of hydrogen-bond acceptors (Lipinski definition) is 2. The molecule has 0 saturated heterocycles. The monoisotopic (exact) mass is 401 g/mol. The van der Waals surface area contributed by atoms with Gasteiger partial charge in [0.2, 0.25) is 0 Å². The summed E-state index contributed by atoms with van der Waals surface area (Å²) in [6.45, 7) is 0.989. The molecular weight excluding hydrogens is 389 g/mol. The molecule has 20 heavy (non-hydrogen) atoms. The average molecular weight is 403 g/mol. The average Bonchev–Trinajstić information content (AvgIpc) is 2.40. The van der Waals surface area contributed by atoms with Crippen LogP contribution in [0.15, 0.2) is 45.3 Å². The highest BCUT2D eigenvalue weighted by Crippen LogP contribution is 2.27. The smallest absolute Gasteiger partial charge is 0.134 e. The Kier molecular flexibility index (Phi) is 5.57. The van der Waals surface area contributed by atoms with Crippen molar-refractivity contribution in [3.05, 3.63) is 62.3 Å². The molecule has 0 unspecified atom stereocenters. The second-order valence-electron chi connectivity index (χ2n) is 4.32. The first-order valence-corrected chi connectivity index (χ1v) is 7.68. The van der Waals surface area contributed by atoms with Gasteiger partial charge in [0.05, 0.1) is 4.47 Å². The second kappa shape index (κ2) is 7.20. The van der Waals surface area contributed by atoms with Crippen LogP contribution in [0, 0.1) is 5.82 Å². The fraction of sp³-hybridized carbons (Fsp3) is 0.200.